The van der Waals surface area contributed by atoms with Gasteiger partial charge in [-0.25, -0.2) is 0 Å². The van der Waals surface area contributed by atoms with E-state index in [1.807, 2.05) is 27.7 Å². The molecule has 1 aliphatic heterocycles. The van der Waals surface area contributed by atoms with Crippen LogP contribution in [0, 0.1) is 11.3 Å². The van der Waals surface area contributed by atoms with Crippen LogP contribution in [0.1, 0.15) is 73.6 Å². The minimum atomic E-state index is -0.141. The summed E-state index contributed by atoms with van der Waals surface area (Å²) in [5.41, 5.74) is 0.421. The molecule has 0 radical (unpaired) electrons. The minimum absolute atomic E-state index is 0.0670. The third-order valence-corrected chi connectivity index (χ3v) is 4.40. The first-order chi connectivity index (χ1) is 10.4. The van der Waals surface area contributed by atoms with E-state index in [1.54, 1.807) is 11.9 Å². The summed E-state index contributed by atoms with van der Waals surface area (Å²) in [4.78, 5) is 25.1. The Morgan fingerprint density at radius 2 is 1.64 bits per heavy atom. The van der Waals surface area contributed by atoms with Gasteiger partial charge in [-0.05, 0) is 31.1 Å². The number of carbonyl (C=O) groups excluding carboxylic acids is 2. The number of hydrogen-bond donors (Lipinski definition) is 1. The summed E-state index contributed by atoms with van der Waals surface area (Å²) in [7, 11) is 1.76. The van der Waals surface area contributed by atoms with Gasteiger partial charge in [0.05, 0.1) is 5.92 Å². The molecule has 22 heavy (non-hydrogen) atoms. The fraction of sp³-hybridized carbons (Fsp3) is 0.889. The van der Waals surface area contributed by atoms with Crippen molar-refractivity contribution in [3.63, 3.8) is 0 Å². The van der Waals surface area contributed by atoms with E-state index in [-0.39, 0.29) is 17.7 Å². The molecule has 2 rings (SSSR count). The standard InChI is InChI=1S/C14H24N2O2.2C2H6/c1-14(2)6-4-11(5-7-14)15-13(18)10-8-12(17)16(3)9-10;2*1-2/h10-11H,4-9H2,1-3H3,(H,15,18);2*1-2H3. The summed E-state index contributed by atoms with van der Waals surface area (Å²) in [6, 6.07) is 0.312. The predicted molar refractivity (Wildman–Crippen MR) is 92.6 cm³/mol. The molecular formula is C18H36N2O2. The molecule has 1 unspecified atom stereocenters. The number of rotatable bonds is 2. The van der Waals surface area contributed by atoms with Crippen LogP contribution >= 0.6 is 0 Å². The SMILES string of the molecule is CC.CC.CN1CC(C(=O)NC2CCC(C)(C)CC2)CC1=O. The first kappa shape index (κ1) is 20.9. The molecule has 2 amide bonds. The molecule has 1 aliphatic carbocycles. The van der Waals surface area contributed by atoms with Gasteiger partial charge in [0, 0.05) is 26.1 Å². The number of nitrogens with one attached hydrogen (secondary N) is 1. The van der Waals surface area contributed by atoms with Crippen molar-refractivity contribution in [2.45, 2.75) is 79.7 Å². The van der Waals surface area contributed by atoms with Crippen LogP contribution in [-0.2, 0) is 9.59 Å². The first-order valence-electron chi connectivity index (χ1n) is 8.92. The molecule has 1 heterocycles. The molecule has 1 saturated carbocycles. The van der Waals surface area contributed by atoms with E-state index in [1.165, 1.54) is 12.8 Å². The molecule has 0 aromatic carbocycles. The van der Waals surface area contributed by atoms with Gasteiger partial charge in [0.1, 0.15) is 0 Å². The molecular weight excluding hydrogens is 276 g/mol. The van der Waals surface area contributed by atoms with Crippen LogP contribution in [0.2, 0.25) is 0 Å². The Morgan fingerprint density at radius 1 is 1.14 bits per heavy atom. The lowest BCUT2D eigenvalue weighted by Crippen LogP contribution is -2.42. The Morgan fingerprint density at radius 3 is 2.05 bits per heavy atom. The van der Waals surface area contributed by atoms with Gasteiger partial charge in [-0.3, -0.25) is 9.59 Å². The zero-order valence-corrected chi connectivity index (χ0v) is 15.7. The average Bonchev–Trinajstić information content (AvgIpc) is 2.85. The molecule has 130 valence electrons. The topological polar surface area (TPSA) is 49.4 Å². The molecule has 0 aromatic heterocycles. The maximum Gasteiger partial charge on any atom is 0.225 e. The van der Waals surface area contributed by atoms with Gasteiger partial charge < -0.3 is 10.2 Å². The van der Waals surface area contributed by atoms with Crippen LogP contribution in [0.5, 0.6) is 0 Å². The molecule has 4 nitrogen and oxygen atoms in total. The van der Waals surface area contributed by atoms with Gasteiger partial charge in [0.25, 0.3) is 0 Å². The zero-order chi connectivity index (χ0) is 17.3. The summed E-state index contributed by atoms with van der Waals surface area (Å²) < 4.78 is 0. The van der Waals surface area contributed by atoms with E-state index < -0.39 is 0 Å². The van der Waals surface area contributed by atoms with E-state index in [9.17, 15) is 9.59 Å². The van der Waals surface area contributed by atoms with Crippen molar-refractivity contribution in [2.24, 2.45) is 11.3 Å². The molecule has 1 saturated heterocycles. The smallest absolute Gasteiger partial charge is 0.225 e. The van der Waals surface area contributed by atoms with Crippen molar-refractivity contribution in [3.8, 4) is 0 Å². The van der Waals surface area contributed by atoms with Crippen LogP contribution in [-0.4, -0.2) is 36.3 Å². The monoisotopic (exact) mass is 312 g/mol. The van der Waals surface area contributed by atoms with Crippen LogP contribution < -0.4 is 5.32 Å². The molecule has 1 atom stereocenters. The maximum absolute atomic E-state index is 12.1. The Labute approximate surface area is 137 Å². The lowest BCUT2D eigenvalue weighted by atomic mass is 9.75. The van der Waals surface area contributed by atoms with Crippen molar-refractivity contribution < 1.29 is 9.59 Å². The fourth-order valence-corrected chi connectivity index (χ4v) is 2.90. The molecule has 2 fully saturated rings. The number of nitrogens with zero attached hydrogens (tertiary/aromatic N) is 1. The summed E-state index contributed by atoms with van der Waals surface area (Å²) in [5.74, 6) is 0.00905. The minimum Gasteiger partial charge on any atom is -0.353 e. The molecule has 2 aliphatic rings. The molecule has 0 spiro atoms. The predicted octanol–water partition coefficient (Wildman–Crippen LogP) is 3.60. The molecule has 0 bridgehead atoms. The van der Waals surface area contributed by atoms with Crippen molar-refractivity contribution in [3.05, 3.63) is 0 Å². The van der Waals surface area contributed by atoms with Gasteiger partial charge in [-0.1, -0.05) is 41.5 Å². The van der Waals surface area contributed by atoms with Gasteiger partial charge in [-0.15, -0.1) is 0 Å². The third-order valence-electron chi connectivity index (χ3n) is 4.40. The highest BCUT2D eigenvalue weighted by molar-refractivity contribution is 5.89. The van der Waals surface area contributed by atoms with E-state index in [0.717, 1.165) is 12.8 Å². The number of carbonyl (C=O) groups is 2. The third kappa shape index (κ3) is 6.37. The summed E-state index contributed by atoms with van der Waals surface area (Å²) >= 11 is 0. The second-order valence-corrected chi connectivity index (χ2v) is 6.62. The second-order valence-electron chi connectivity index (χ2n) is 6.62. The normalized spacial score (nSPS) is 23.9. The highest BCUT2D eigenvalue weighted by Gasteiger charge is 2.34. The van der Waals surface area contributed by atoms with Crippen LogP contribution in [0.25, 0.3) is 0 Å². The number of amides is 2. The van der Waals surface area contributed by atoms with Crippen molar-refractivity contribution in [2.75, 3.05) is 13.6 Å². The molecule has 1 N–H and O–H groups in total. The van der Waals surface area contributed by atoms with E-state index >= 15 is 0 Å². The first-order valence-corrected chi connectivity index (χ1v) is 8.92. The molecule has 4 heteroatoms. The molecule has 0 aromatic rings. The summed E-state index contributed by atoms with van der Waals surface area (Å²) in [6.45, 7) is 13.1. The van der Waals surface area contributed by atoms with E-state index in [0.29, 0.717) is 24.4 Å². The average molecular weight is 312 g/mol. The lowest BCUT2D eigenvalue weighted by Gasteiger charge is -2.35. The largest absolute Gasteiger partial charge is 0.353 e. The van der Waals surface area contributed by atoms with Crippen molar-refractivity contribution in [1.82, 2.24) is 10.2 Å². The van der Waals surface area contributed by atoms with Crippen LogP contribution in [0.15, 0.2) is 0 Å². The van der Waals surface area contributed by atoms with Gasteiger partial charge >= 0.3 is 0 Å². The highest BCUT2D eigenvalue weighted by atomic mass is 16.2. The second kappa shape index (κ2) is 9.86. The van der Waals surface area contributed by atoms with Gasteiger partial charge in [-0.2, -0.15) is 0 Å². The lowest BCUT2D eigenvalue weighted by molar-refractivity contribution is -0.128. The fourth-order valence-electron chi connectivity index (χ4n) is 2.90. The Balaban J connectivity index is 0.00000102. The zero-order valence-electron chi connectivity index (χ0n) is 15.7. The van der Waals surface area contributed by atoms with E-state index in [2.05, 4.69) is 19.2 Å². The van der Waals surface area contributed by atoms with E-state index in [4.69, 9.17) is 0 Å². The summed E-state index contributed by atoms with van der Waals surface area (Å²) in [5, 5.41) is 3.12. The Bertz CT molecular complexity index is 343. The van der Waals surface area contributed by atoms with Crippen LogP contribution in [0.4, 0.5) is 0 Å². The van der Waals surface area contributed by atoms with Crippen LogP contribution in [0.3, 0.4) is 0 Å². The maximum atomic E-state index is 12.1. The summed E-state index contributed by atoms with van der Waals surface area (Å²) in [6.07, 6.45) is 4.84. The van der Waals surface area contributed by atoms with Crippen molar-refractivity contribution in [1.29, 1.82) is 0 Å². The number of likely N-dealkylation sites (tertiary alicyclic amines) is 1. The quantitative estimate of drug-likeness (QED) is 0.847. The Hall–Kier alpha value is -1.06. The highest BCUT2D eigenvalue weighted by Crippen LogP contribution is 2.35. The van der Waals surface area contributed by atoms with Gasteiger partial charge in [0.2, 0.25) is 11.8 Å². The number of hydrogen-bond acceptors (Lipinski definition) is 2. The van der Waals surface area contributed by atoms with Crippen molar-refractivity contribution >= 4 is 11.8 Å². The Kier molecular flexibility index (Phi) is 9.38. The van der Waals surface area contributed by atoms with Gasteiger partial charge in [0.15, 0.2) is 0 Å².